The van der Waals surface area contributed by atoms with Gasteiger partial charge in [0.25, 0.3) is 0 Å². The topological polar surface area (TPSA) is 70.6 Å². The van der Waals surface area contributed by atoms with Crippen LogP contribution in [0.5, 0.6) is 11.5 Å². The summed E-state index contributed by atoms with van der Waals surface area (Å²) in [5.74, 6) is 1.46. The van der Waals surface area contributed by atoms with Crippen LogP contribution in [0.4, 0.5) is 10.5 Å². The molecule has 1 aliphatic rings. The van der Waals surface area contributed by atoms with Crippen LogP contribution in [0.25, 0.3) is 0 Å². The van der Waals surface area contributed by atoms with Gasteiger partial charge in [-0.15, -0.1) is 0 Å². The Balaban J connectivity index is 1.37. The summed E-state index contributed by atoms with van der Waals surface area (Å²) in [4.78, 5) is 12.4. The van der Waals surface area contributed by atoms with Crippen LogP contribution in [0.1, 0.15) is 22.7 Å². The van der Waals surface area contributed by atoms with Crippen LogP contribution in [0.3, 0.4) is 0 Å². The zero-order valence-corrected chi connectivity index (χ0v) is 15.6. The maximum atomic E-state index is 12.4. The highest BCUT2D eigenvalue weighted by Crippen LogP contribution is 2.31. The Hall–Kier alpha value is -3.31. The van der Waals surface area contributed by atoms with Gasteiger partial charge in [0, 0.05) is 12.1 Å². The largest absolute Gasteiger partial charge is 0.457 e. The Morgan fingerprint density at radius 1 is 1.00 bits per heavy atom. The Morgan fingerprint density at radius 2 is 1.79 bits per heavy atom. The van der Waals surface area contributed by atoms with Gasteiger partial charge >= 0.3 is 6.03 Å². The van der Waals surface area contributed by atoms with Crippen LogP contribution in [0.15, 0.2) is 72.8 Å². The number of benzene rings is 3. The second-order valence-electron chi connectivity index (χ2n) is 6.99. The van der Waals surface area contributed by atoms with Crippen LogP contribution in [-0.2, 0) is 6.42 Å². The molecular weight excluding hydrogens is 352 g/mol. The molecule has 0 bridgehead atoms. The molecule has 3 aromatic carbocycles. The van der Waals surface area contributed by atoms with Crippen molar-refractivity contribution in [3.05, 3.63) is 89.5 Å². The van der Waals surface area contributed by atoms with Crippen LogP contribution in [0.2, 0.25) is 0 Å². The molecule has 2 atom stereocenters. The molecule has 0 saturated carbocycles. The SMILES string of the molecule is Cc1cccc(Oc2ccc(NC(=O)N[C@@H]3c4ccccc4C[C@@H]3O)cc2)c1. The molecule has 0 fully saturated rings. The van der Waals surface area contributed by atoms with E-state index in [-0.39, 0.29) is 6.03 Å². The van der Waals surface area contributed by atoms with E-state index in [4.69, 9.17) is 4.74 Å². The van der Waals surface area contributed by atoms with E-state index < -0.39 is 12.1 Å². The van der Waals surface area contributed by atoms with Crippen molar-refractivity contribution in [2.75, 3.05) is 5.32 Å². The van der Waals surface area contributed by atoms with E-state index in [1.165, 1.54) is 0 Å². The number of nitrogens with one attached hydrogen (secondary N) is 2. The zero-order valence-electron chi connectivity index (χ0n) is 15.6. The third kappa shape index (κ3) is 4.00. The molecule has 5 nitrogen and oxygen atoms in total. The highest BCUT2D eigenvalue weighted by atomic mass is 16.5. The first kappa shape index (κ1) is 18.1. The molecule has 0 unspecified atom stereocenters. The number of hydrogen-bond donors (Lipinski definition) is 3. The Labute approximate surface area is 164 Å². The normalized spacial score (nSPS) is 17.6. The van der Waals surface area contributed by atoms with E-state index in [9.17, 15) is 9.90 Å². The average Bonchev–Trinajstić information content (AvgIpc) is 2.99. The summed E-state index contributed by atoms with van der Waals surface area (Å²) in [6, 6.07) is 22.0. The lowest BCUT2D eigenvalue weighted by atomic mass is 10.1. The third-order valence-corrected chi connectivity index (χ3v) is 4.83. The molecule has 5 heteroatoms. The lowest BCUT2D eigenvalue weighted by Crippen LogP contribution is -2.36. The predicted molar refractivity (Wildman–Crippen MR) is 109 cm³/mol. The number of aliphatic hydroxyl groups excluding tert-OH is 1. The lowest BCUT2D eigenvalue weighted by Gasteiger charge is -2.18. The molecule has 0 radical (unpaired) electrons. The summed E-state index contributed by atoms with van der Waals surface area (Å²) in [7, 11) is 0. The summed E-state index contributed by atoms with van der Waals surface area (Å²) in [6.07, 6.45) is -0.0696. The molecule has 1 aliphatic carbocycles. The van der Waals surface area contributed by atoms with E-state index in [0.717, 1.165) is 22.4 Å². The number of ether oxygens (including phenoxy) is 1. The van der Waals surface area contributed by atoms with Crippen LogP contribution >= 0.6 is 0 Å². The minimum absolute atomic E-state index is 0.354. The van der Waals surface area contributed by atoms with Crippen LogP contribution in [-0.4, -0.2) is 17.2 Å². The van der Waals surface area contributed by atoms with Crippen molar-refractivity contribution in [3.63, 3.8) is 0 Å². The van der Waals surface area contributed by atoms with Gasteiger partial charge in [-0.1, -0.05) is 36.4 Å². The summed E-state index contributed by atoms with van der Waals surface area (Å²) in [5, 5.41) is 15.9. The van der Waals surface area contributed by atoms with Gasteiger partial charge in [-0.2, -0.15) is 0 Å². The summed E-state index contributed by atoms with van der Waals surface area (Å²) in [5.41, 5.74) is 3.81. The maximum Gasteiger partial charge on any atom is 0.319 e. The molecule has 0 heterocycles. The second kappa shape index (κ2) is 7.74. The average molecular weight is 374 g/mol. The van der Waals surface area contributed by atoms with Crippen LogP contribution in [0, 0.1) is 6.92 Å². The number of urea groups is 1. The van der Waals surface area contributed by atoms with E-state index in [0.29, 0.717) is 17.9 Å². The second-order valence-corrected chi connectivity index (χ2v) is 6.99. The number of carbonyl (C=O) groups excluding carboxylic acids is 1. The fraction of sp³-hybridized carbons (Fsp3) is 0.174. The lowest BCUT2D eigenvalue weighted by molar-refractivity contribution is 0.144. The minimum Gasteiger partial charge on any atom is -0.457 e. The summed E-state index contributed by atoms with van der Waals surface area (Å²) < 4.78 is 5.82. The number of anilines is 1. The molecule has 0 aromatic heterocycles. The van der Waals surface area contributed by atoms with Gasteiger partial charge in [-0.25, -0.2) is 4.79 Å². The molecule has 2 amide bonds. The Kier molecular flexibility index (Phi) is 5.00. The van der Waals surface area contributed by atoms with Gasteiger partial charge in [0.15, 0.2) is 0 Å². The molecule has 3 N–H and O–H groups in total. The van der Waals surface area contributed by atoms with E-state index >= 15 is 0 Å². The van der Waals surface area contributed by atoms with Crippen molar-refractivity contribution in [2.45, 2.75) is 25.5 Å². The molecule has 28 heavy (non-hydrogen) atoms. The van der Waals surface area contributed by atoms with E-state index in [1.54, 1.807) is 24.3 Å². The number of amides is 2. The first-order valence-electron chi connectivity index (χ1n) is 9.26. The predicted octanol–water partition coefficient (Wildman–Crippen LogP) is 4.57. The third-order valence-electron chi connectivity index (χ3n) is 4.83. The van der Waals surface area contributed by atoms with Gasteiger partial charge in [-0.3, -0.25) is 0 Å². The summed E-state index contributed by atoms with van der Waals surface area (Å²) in [6.45, 7) is 2.01. The van der Waals surface area contributed by atoms with Crippen LogP contribution < -0.4 is 15.4 Å². The summed E-state index contributed by atoms with van der Waals surface area (Å²) >= 11 is 0. The number of fused-ring (bicyclic) bond motifs is 1. The fourth-order valence-electron chi connectivity index (χ4n) is 3.48. The van der Waals surface area contributed by atoms with Crippen molar-refractivity contribution >= 4 is 11.7 Å². The molecule has 4 rings (SSSR count). The molecular formula is C23H22N2O3. The highest BCUT2D eigenvalue weighted by molar-refractivity contribution is 5.89. The van der Waals surface area contributed by atoms with Gasteiger partial charge in [0.1, 0.15) is 11.5 Å². The van der Waals surface area contributed by atoms with E-state index in [2.05, 4.69) is 10.6 Å². The Morgan fingerprint density at radius 3 is 2.57 bits per heavy atom. The monoisotopic (exact) mass is 374 g/mol. The quantitative estimate of drug-likeness (QED) is 0.627. The highest BCUT2D eigenvalue weighted by Gasteiger charge is 2.31. The van der Waals surface area contributed by atoms with Crippen molar-refractivity contribution in [1.29, 1.82) is 0 Å². The maximum absolute atomic E-state index is 12.4. The van der Waals surface area contributed by atoms with Crippen molar-refractivity contribution in [2.24, 2.45) is 0 Å². The first-order chi connectivity index (χ1) is 13.6. The number of rotatable bonds is 4. The number of aryl methyl sites for hydroxylation is 1. The smallest absolute Gasteiger partial charge is 0.319 e. The number of carbonyl (C=O) groups is 1. The molecule has 0 spiro atoms. The molecule has 3 aromatic rings. The molecule has 0 aliphatic heterocycles. The Bertz CT molecular complexity index is 985. The number of aliphatic hydroxyl groups is 1. The molecule has 142 valence electrons. The van der Waals surface area contributed by atoms with E-state index in [1.807, 2.05) is 55.5 Å². The first-order valence-corrected chi connectivity index (χ1v) is 9.26. The minimum atomic E-state index is -0.617. The number of hydrogen-bond acceptors (Lipinski definition) is 3. The van der Waals surface area contributed by atoms with Crippen molar-refractivity contribution in [3.8, 4) is 11.5 Å². The van der Waals surface area contributed by atoms with Gasteiger partial charge in [0.2, 0.25) is 0 Å². The molecule has 0 saturated heterocycles. The van der Waals surface area contributed by atoms with Gasteiger partial charge in [0.05, 0.1) is 12.1 Å². The van der Waals surface area contributed by atoms with Gasteiger partial charge < -0.3 is 20.5 Å². The fourth-order valence-corrected chi connectivity index (χ4v) is 3.48. The zero-order chi connectivity index (χ0) is 19.5. The standard InChI is InChI=1S/C23H22N2O3/c1-15-5-4-7-19(13-15)28-18-11-9-17(10-12-18)24-23(27)25-22-20-8-3-2-6-16(20)14-21(22)26/h2-13,21-22,26H,14H2,1H3,(H2,24,25,27)/t21-,22+/m0/s1. The van der Waals surface area contributed by atoms with Crippen molar-refractivity contribution < 1.29 is 14.6 Å². The van der Waals surface area contributed by atoms with Crippen molar-refractivity contribution in [1.82, 2.24) is 5.32 Å². The van der Waals surface area contributed by atoms with Gasteiger partial charge in [-0.05, 0) is 60.0 Å².